The number of anilines is 1. The quantitative estimate of drug-likeness (QED) is 0.293. The molecule has 0 radical (unpaired) electrons. The summed E-state index contributed by atoms with van der Waals surface area (Å²) in [5, 5.41) is 15.2. The van der Waals surface area contributed by atoms with Crippen molar-refractivity contribution in [3.05, 3.63) is 84.4 Å². The van der Waals surface area contributed by atoms with Gasteiger partial charge in [-0.2, -0.15) is 0 Å². The molecular formula is C33H37N3O7. The summed E-state index contributed by atoms with van der Waals surface area (Å²) in [4.78, 5) is 40.8. The van der Waals surface area contributed by atoms with Crippen LogP contribution in [0.25, 0.3) is 11.1 Å². The lowest BCUT2D eigenvalue weighted by Crippen LogP contribution is -2.51. The molecule has 3 aromatic carbocycles. The largest absolute Gasteiger partial charge is 0.492 e. The molecule has 226 valence electrons. The summed E-state index contributed by atoms with van der Waals surface area (Å²) in [6.07, 6.45) is 1.24. The molecule has 0 unspecified atom stereocenters. The zero-order chi connectivity index (χ0) is 30.0. The SMILES string of the molecule is O=C(O)[C@H](Cc1ccc(OCCN2CCCCC2)cc1)NC(=O)[C@@H]1OCO[C@H]1C(=O)Nc1ccccc1-c1ccccc1. The predicted molar refractivity (Wildman–Crippen MR) is 161 cm³/mol. The summed E-state index contributed by atoms with van der Waals surface area (Å²) in [6, 6.07) is 22.8. The number of carboxylic acids is 1. The first-order valence-corrected chi connectivity index (χ1v) is 14.6. The van der Waals surface area contributed by atoms with Crippen LogP contribution in [0.1, 0.15) is 24.8 Å². The van der Waals surface area contributed by atoms with Crippen molar-refractivity contribution >= 4 is 23.5 Å². The van der Waals surface area contributed by atoms with Crippen molar-refractivity contribution in [3.8, 4) is 16.9 Å². The number of aliphatic carboxylic acids is 1. The number of benzene rings is 3. The third-order valence-corrected chi connectivity index (χ3v) is 7.66. The molecule has 2 aliphatic rings. The van der Waals surface area contributed by atoms with Crippen LogP contribution < -0.4 is 15.4 Å². The van der Waals surface area contributed by atoms with Gasteiger partial charge >= 0.3 is 5.97 Å². The number of carbonyl (C=O) groups excluding carboxylic acids is 2. The number of hydrogen-bond acceptors (Lipinski definition) is 7. The minimum absolute atomic E-state index is 0.0457. The van der Waals surface area contributed by atoms with Crippen LogP contribution in [0.15, 0.2) is 78.9 Å². The maximum Gasteiger partial charge on any atom is 0.326 e. The molecule has 10 heteroatoms. The summed E-state index contributed by atoms with van der Waals surface area (Å²) < 4.78 is 16.7. The Morgan fingerprint density at radius 1 is 0.860 bits per heavy atom. The second kappa shape index (κ2) is 14.8. The number of carboxylic acid groups (broad SMARTS) is 1. The third-order valence-electron chi connectivity index (χ3n) is 7.66. The normalized spacial score (nSPS) is 19.3. The average molecular weight is 588 g/mol. The highest BCUT2D eigenvalue weighted by Gasteiger charge is 2.42. The van der Waals surface area contributed by atoms with Gasteiger partial charge in [0.1, 0.15) is 25.2 Å². The van der Waals surface area contributed by atoms with E-state index in [2.05, 4.69) is 15.5 Å². The monoisotopic (exact) mass is 587 g/mol. The number of hydrogen-bond donors (Lipinski definition) is 3. The molecule has 0 saturated carbocycles. The van der Waals surface area contributed by atoms with Gasteiger partial charge in [-0.05, 0) is 55.3 Å². The van der Waals surface area contributed by atoms with Crippen molar-refractivity contribution in [2.45, 2.75) is 43.9 Å². The van der Waals surface area contributed by atoms with Crippen molar-refractivity contribution in [3.63, 3.8) is 0 Å². The van der Waals surface area contributed by atoms with E-state index in [4.69, 9.17) is 14.2 Å². The number of ether oxygens (including phenoxy) is 3. The molecule has 2 amide bonds. The van der Waals surface area contributed by atoms with E-state index in [-0.39, 0.29) is 13.2 Å². The molecule has 0 aromatic heterocycles. The second-order valence-corrected chi connectivity index (χ2v) is 10.7. The maximum atomic E-state index is 13.2. The Balaban J connectivity index is 1.16. The average Bonchev–Trinajstić information content (AvgIpc) is 3.53. The molecule has 2 aliphatic heterocycles. The molecule has 3 atom stereocenters. The van der Waals surface area contributed by atoms with Crippen LogP contribution in [0.2, 0.25) is 0 Å². The highest BCUT2D eigenvalue weighted by molar-refractivity contribution is 6.01. The predicted octanol–water partition coefficient (Wildman–Crippen LogP) is 3.71. The van der Waals surface area contributed by atoms with Gasteiger partial charge in [0.2, 0.25) is 0 Å². The molecule has 0 aliphatic carbocycles. The lowest BCUT2D eigenvalue weighted by molar-refractivity contribution is -0.144. The molecule has 5 rings (SSSR count). The first-order chi connectivity index (χ1) is 21.0. The smallest absolute Gasteiger partial charge is 0.326 e. The first kappa shape index (κ1) is 30.2. The van der Waals surface area contributed by atoms with Crippen LogP contribution >= 0.6 is 0 Å². The molecule has 43 heavy (non-hydrogen) atoms. The summed E-state index contributed by atoms with van der Waals surface area (Å²) in [6.45, 7) is 3.41. The summed E-state index contributed by atoms with van der Waals surface area (Å²) in [5.41, 5.74) is 2.99. The number of piperidine rings is 1. The van der Waals surface area contributed by atoms with Crippen molar-refractivity contribution in [2.75, 3.05) is 38.4 Å². The van der Waals surface area contributed by atoms with Crippen LogP contribution in [0.3, 0.4) is 0 Å². The van der Waals surface area contributed by atoms with Crippen molar-refractivity contribution < 1.29 is 33.7 Å². The van der Waals surface area contributed by atoms with Crippen LogP contribution in [0.5, 0.6) is 5.75 Å². The van der Waals surface area contributed by atoms with Crippen LogP contribution in [-0.2, 0) is 30.3 Å². The van der Waals surface area contributed by atoms with Gasteiger partial charge in [-0.15, -0.1) is 0 Å². The fourth-order valence-electron chi connectivity index (χ4n) is 5.34. The number of nitrogens with one attached hydrogen (secondary N) is 2. The Bertz CT molecular complexity index is 1380. The number of para-hydroxylation sites is 1. The Hall–Kier alpha value is -4.25. The molecule has 0 bridgehead atoms. The molecule has 2 fully saturated rings. The van der Waals surface area contributed by atoms with E-state index in [0.717, 1.165) is 30.8 Å². The second-order valence-electron chi connectivity index (χ2n) is 10.7. The lowest BCUT2D eigenvalue weighted by atomic mass is 10.0. The standard InChI is InChI=1S/C33H37N3O7/c37-31(34-27-12-6-5-11-26(27)24-9-3-1-4-10-24)29-30(43-22-42-29)32(38)35-28(33(39)40)21-23-13-15-25(16-14-23)41-20-19-36-17-7-2-8-18-36/h1,3-6,9-16,28-30H,2,7-8,17-22H2,(H,34,37)(H,35,38)(H,39,40)/t28-,29+,30+/m0/s1. The van der Waals surface area contributed by atoms with Gasteiger partial charge in [-0.25, -0.2) is 4.79 Å². The van der Waals surface area contributed by atoms with Gasteiger partial charge < -0.3 is 30.0 Å². The number of carbonyl (C=O) groups is 3. The van der Waals surface area contributed by atoms with Crippen molar-refractivity contribution in [2.24, 2.45) is 0 Å². The summed E-state index contributed by atoms with van der Waals surface area (Å²) in [5.74, 6) is -1.80. The van der Waals surface area contributed by atoms with Gasteiger partial charge in [0.05, 0.1) is 0 Å². The Kier molecular flexibility index (Phi) is 10.4. The first-order valence-electron chi connectivity index (χ1n) is 14.6. The zero-order valence-corrected chi connectivity index (χ0v) is 23.9. The lowest BCUT2D eigenvalue weighted by Gasteiger charge is -2.26. The van der Waals surface area contributed by atoms with E-state index in [0.29, 0.717) is 23.6 Å². The van der Waals surface area contributed by atoms with Gasteiger partial charge in [0.25, 0.3) is 11.8 Å². The van der Waals surface area contributed by atoms with E-state index in [1.54, 1.807) is 36.4 Å². The fourth-order valence-corrected chi connectivity index (χ4v) is 5.34. The summed E-state index contributed by atoms with van der Waals surface area (Å²) >= 11 is 0. The van der Waals surface area contributed by atoms with Gasteiger partial charge in [0, 0.05) is 24.2 Å². The number of nitrogens with zero attached hydrogens (tertiary/aromatic N) is 1. The Labute approximate surface area is 250 Å². The van der Waals surface area contributed by atoms with Crippen LogP contribution in [0.4, 0.5) is 5.69 Å². The molecule has 3 aromatic rings. The van der Waals surface area contributed by atoms with E-state index < -0.39 is 36.0 Å². The van der Waals surface area contributed by atoms with E-state index in [9.17, 15) is 19.5 Å². The number of likely N-dealkylation sites (tertiary alicyclic amines) is 1. The highest BCUT2D eigenvalue weighted by atomic mass is 16.7. The maximum absolute atomic E-state index is 13.2. The zero-order valence-electron chi connectivity index (χ0n) is 23.9. The van der Waals surface area contributed by atoms with Crippen molar-refractivity contribution in [1.82, 2.24) is 10.2 Å². The topological polar surface area (TPSA) is 126 Å². The van der Waals surface area contributed by atoms with Gasteiger partial charge in [0.15, 0.2) is 12.2 Å². The molecule has 2 saturated heterocycles. The minimum Gasteiger partial charge on any atom is -0.492 e. The molecule has 10 nitrogen and oxygen atoms in total. The van der Waals surface area contributed by atoms with E-state index in [1.165, 1.54) is 19.3 Å². The molecule has 0 spiro atoms. The Morgan fingerprint density at radius 2 is 1.53 bits per heavy atom. The summed E-state index contributed by atoms with van der Waals surface area (Å²) in [7, 11) is 0. The van der Waals surface area contributed by atoms with Crippen molar-refractivity contribution in [1.29, 1.82) is 0 Å². The highest BCUT2D eigenvalue weighted by Crippen LogP contribution is 2.28. The minimum atomic E-state index is -1.30. The molecular weight excluding hydrogens is 550 g/mol. The number of amides is 2. The fraction of sp³-hybridized carbons (Fsp3) is 0.364. The van der Waals surface area contributed by atoms with Crippen LogP contribution in [0, 0.1) is 0 Å². The number of rotatable bonds is 12. The molecule has 3 N–H and O–H groups in total. The van der Waals surface area contributed by atoms with E-state index >= 15 is 0 Å². The third kappa shape index (κ3) is 8.19. The molecule has 2 heterocycles. The van der Waals surface area contributed by atoms with E-state index in [1.807, 2.05) is 42.5 Å². The van der Waals surface area contributed by atoms with Crippen LogP contribution in [-0.4, -0.2) is 79.1 Å². The Morgan fingerprint density at radius 3 is 2.26 bits per heavy atom. The van der Waals surface area contributed by atoms with Gasteiger partial charge in [-0.3, -0.25) is 14.5 Å². The van der Waals surface area contributed by atoms with Gasteiger partial charge in [-0.1, -0.05) is 67.1 Å².